The highest BCUT2D eigenvalue weighted by Crippen LogP contribution is 2.31. The predicted octanol–water partition coefficient (Wildman–Crippen LogP) is 4.80. The van der Waals surface area contributed by atoms with Gasteiger partial charge in [-0.3, -0.25) is 4.99 Å². The van der Waals surface area contributed by atoms with Gasteiger partial charge in [0.15, 0.2) is 0 Å². The van der Waals surface area contributed by atoms with Gasteiger partial charge >= 0.3 is 0 Å². The fourth-order valence-electron chi connectivity index (χ4n) is 3.02. The van der Waals surface area contributed by atoms with Crippen molar-refractivity contribution in [3.05, 3.63) is 45.3 Å². The lowest BCUT2D eigenvalue weighted by Crippen LogP contribution is -2.37. The lowest BCUT2D eigenvalue weighted by Gasteiger charge is -2.27. The maximum atomic E-state index is 6.40. The number of ether oxygens (including phenoxy) is 1. The minimum Gasteiger partial charge on any atom is -0.490 e. The van der Waals surface area contributed by atoms with Gasteiger partial charge in [-0.15, -0.1) is 11.3 Å². The van der Waals surface area contributed by atoms with Crippen molar-refractivity contribution in [3.8, 4) is 5.75 Å². The molecule has 0 bridgehead atoms. The molecule has 2 aromatic rings. The second-order valence-corrected chi connectivity index (χ2v) is 7.55. The summed E-state index contributed by atoms with van der Waals surface area (Å²) >= 11 is 8.11. The summed E-state index contributed by atoms with van der Waals surface area (Å²) in [7, 11) is 2.04. The normalized spacial score (nSPS) is 15.2. The Balaban J connectivity index is 1.64. The smallest absolute Gasteiger partial charge is 0.140 e. The molecule has 1 aromatic carbocycles. The standard InChI is InChI=1S/C19H24ClN3OS/c1-4-5-14-10-13(2)17(16(20)11-14)24-8-7-21-18-15-6-9-25-19(15)22-12-23(18)3/h6,9-11,22H,4-5,7-8,12H2,1-3H3. The molecule has 1 aromatic heterocycles. The minimum atomic E-state index is 0.512. The zero-order valence-electron chi connectivity index (χ0n) is 14.9. The summed E-state index contributed by atoms with van der Waals surface area (Å²) in [6, 6.07) is 6.28. The Morgan fingerprint density at radius 1 is 1.40 bits per heavy atom. The van der Waals surface area contributed by atoms with Gasteiger partial charge in [0.1, 0.15) is 23.2 Å². The van der Waals surface area contributed by atoms with Crippen molar-refractivity contribution in [1.82, 2.24) is 4.90 Å². The molecule has 0 unspecified atom stereocenters. The highest BCUT2D eigenvalue weighted by atomic mass is 35.5. The number of thiophene rings is 1. The van der Waals surface area contributed by atoms with Gasteiger partial charge in [-0.25, -0.2) is 0 Å². The van der Waals surface area contributed by atoms with E-state index in [2.05, 4.69) is 34.7 Å². The van der Waals surface area contributed by atoms with Gasteiger partial charge in [0, 0.05) is 7.05 Å². The molecule has 1 aliphatic heterocycles. The van der Waals surface area contributed by atoms with E-state index in [1.165, 1.54) is 10.6 Å². The fourth-order valence-corrected chi connectivity index (χ4v) is 4.13. The van der Waals surface area contributed by atoms with Gasteiger partial charge in [-0.2, -0.15) is 0 Å². The van der Waals surface area contributed by atoms with Crippen LogP contribution in [0.5, 0.6) is 5.75 Å². The molecule has 0 atom stereocenters. The number of fused-ring (bicyclic) bond motifs is 1. The molecular weight excluding hydrogens is 354 g/mol. The average molecular weight is 378 g/mol. The molecular formula is C19H24ClN3OS. The van der Waals surface area contributed by atoms with Crippen LogP contribution in [0.15, 0.2) is 28.6 Å². The van der Waals surface area contributed by atoms with Crippen molar-refractivity contribution in [2.75, 3.05) is 32.2 Å². The summed E-state index contributed by atoms with van der Waals surface area (Å²) in [4.78, 5) is 6.86. The molecule has 0 radical (unpaired) electrons. The summed E-state index contributed by atoms with van der Waals surface area (Å²) < 4.78 is 5.93. The Labute approximate surface area is 158 Å². The third-order valence-corrected chi connectivity index (χ3v) is 5.32. The van der Waals surface area contributed by atoms with Crippen LogP contribution >= 0.6 is 22.9 Å². The SMILES string of the molecule is CCCc1cc(C)c(OCCN=C2c3ccsc3NCN2C)c(Cl)c1. The maximum absolute atomic E-state index is 6.40. The van der Waals surface area contributed by atoms with Crippen LogP contribution in [0.3, 0.4) is 0 Å². The van der Waals surface area contributed by atoms with Crippen LogP contribution in [0.2, 0.25) is 5.02 Å². The van der Waals surface area contributed by atoms with Crippen molar-refractivity contribution < 1.29 is 4.74 Å². The molecule has 2 heterocycles. The van der Waals surface area contributed by atoms with Crippen LogP contribution in [0.25, 0.3) is 0 Å². The molecule has 1 N–H and O–H groups in total. The van der Waals surface area contributed by atoms with Crippen molar-refractivity contribution in [2.45, 2.75) is 26.7 Å². The van der Waals surface area contributed by atoms with Gasteiger partial charge < -0.3 is 15.0 Å². The number of aliphatic imine (C=N–C) groups is 1. The summed E-state index contributed by atoms with van der Waals surface area (Å²) in [6.07, 6.45) is 2.15. The zero-order chi connectivity index (χ0) is 17.8. The van der Waals surface area contributed by atoms with E-state index in [0.717, 1.165) is 42.2 Å². The molecule has 0 spiro atoms. The maximum Gasteiger partial charge on any atom is 0.140 e. The molecule has 1 aliphatic rings. The van der Waals surface area contributed by atoms with E-state index in [-0.39, 0.29) is 0 Å². The summed E-state index contributed by atoms with van der Waals surface area (Å²) in [6.45, 7) is 6.10. The highest BCUT2D eigenvalue weighted by Gasteiger charge is 2.19. The zero-order valence-corrected chi connectivity index (χ0v) is 16.5. The van der Waals surface area contributed by atoms with Gasteiger partial charge in [0.05, 0.1) is 23.8 Å². The first-order valence-corrected chi connectivity index (χ1v) is 9.85. The molecule has 6 heteroatoms. The van der Waals surface area contributed by atoms with Gasteiger partial charge in [0.25, 0.3) is 0 Å². The van der Waals surface area contributed by atoms with Crippen LogP contribution in [0, 0.1) is 6.92 Å². The van der Waals surface area contributed by atoms with Gasteiger partial charge in [-0.1, -0.05) is 31.0 Å². The summed E-state index contributed by atoms with van der Waals surface area (Å²) in [5, 5.41) is 7.34. The molecule has 0 saturated carbocycles. The van der Waals surface area contributed by atoms with Crippen molar-refractivity contribution in [1.29, 1.82) is 0 Å². The molecule has 4 nitrogen and oxygen atoms in total. The van der Waals surface area contributed by atoms with Crippen molar-refractivity contribution in [3.63, 3.8) is 0 Å². The topological polar surface area (TPSA) is 36.9 Å². The lowest BCUT2D eigenvalue weighted by atomic mass is 10.1. The Hall–Kier alpha value is -1.72. The van der Waals surface area contributed by atoms with Crippen LogP contribution < -0.4 is 10.1 Å². The first-order chi connectivity index (χ1) is 12.1. The van der Waals surface area contributed by atoms with Crippen LogP contribution in [0.4, 0.5) is 5.00 Å². The van der Waals surface area contributed by atoms with E-state index in [4.69, 9.17) is 21.3 Å². The molecule has 0 saturated heterocycles. The first kappa shape index (κ1) is 18.1. The minimum absolute atomic E-state index is 0.512. The molecule has 134 valence electrons. The van der Waals surface area contributed by atoms with Crippen molar-refractivity contribution in [2.24, 2.45) is 4.99 Å². The van der Waals surface area contributed by atoms with Gasteiger partial charge in [-0.05, 0) is 42.0 Å². The number of rotatable bonds is 6. The number of amidine groups is 1. The summed E-state index contributed by atoms with van der Waals surface area (Å²) in [5.41, 5.74) is 3.51. The number of hydrogen-bond donors (Lipinski definition) is 1. The van der Waals surface area contributed by atoms with E-state index in [9.17, 15) is 0 Å². The number of nitrogens with zero attached hydrogens (tertiary/aromatic N) is 2. The summed E-state index contributed by atoms with van der Waals surface area (Å²) in [5.74, 6) is 1.79. The second-order valence-electron chi connectivity index (χ2n) is 6.22. The number of nitrogens with one attached hydrogen (secondary N) is 1. The highest BCUT2D eigenvalue weighted by molar-refractivity contribution is 7.14. The Kier molecular flexibility index (Phi) is 5.86. The lowest BCUT2D eigenvalue weighted by molar-refractivity contribution is 0.326. The van der Waals surface area contributed by atoms with Crippen molar-refractivity contribution >= 4 is 33.8 Å². The molecule has 0 amide bonds. The molecule has 3 rings (SSSR count). The first-order valence-electron chi connectivity index (χ1n) is 8.59. The number of benzene rings is 1. The number of hydrogen-bond acceptors (Lipinski definition) is 4. The van der Waals surface area contributed by atoms with E-state index >= 15 is 0 Å². The third-order valence-electron chi connectivity index (χ3n) is 4.17. The largest absolute Gasteiger partial charge is 0.490 e. The van der Waals surface area contributed by atoms with Crippen LogP contribution in [-0.2, 0) is 6.42 Å². The molecule has 0 fully saturated rings. The van der Waals surface area contributed by atoms with E-state index < -0.39 is 0 Å². The number of aryl methyl sites for hydroxylation is 2. The monoisotopic (exact) mass is 377 g/mol. The third kappa shape index (κ3) is 4.10. The average Bonchev–Trinajstić information content (AvgIpc) is 3.04. The fraction of sp³-hybridized carbons (Fsp3) is 0.421. The number of anilines is 1. The van der Waals surface area contributed by atoms with Gasteiger partial charge in [0.2, 0.25) is 0 Å². The Morgan fingerprint density at radius 3 is 3.00 bits per heavy atom. The van der Waals surface area contributed by atoms with E-state index in [0.29, 0.717) is 18.2 Å². The molecule has 0 aliphatic carbocycles. The quantitative estimate of drug-likeness (QED) is 0.734. The van der Waals surface area contributed by atoms with E-state index in [1.54, 1.807) is 11.3 Å². The van der Waals surface area contributed by atoms with E-state index in [1.807, 2.05) is 20.0 Å². The Morgan fingerprint density at radius 2 is 2.24 bits per heavy atom. The van der Waals surface area contributed by atoms with Crippen LogP contribution in [0.1, 0.15) is 30.0 Å². The molecule has 25 heavy (non-hydrogen) atoms. The number of halogens is 1. The second kappa shape index (κ2) is 8.11. The Bertz CT molecular complexity index is 749. The van der Waals surface area contributed by atoms with Crippen LogP contribution in [-0.4, -0.2) is 37.6 Å². The predicted molar refractivity (Wildman–Crippen MR) is 108 cm³/mol.